The van der Waals surface area contributed by atoms with Gasteiger partial charge in [-0.15, -0.1) is 0 Å². The zero-order valence-corrected chi connectivity index (χ0v) is 11.9. The summed E-state index contributed by atoms with van der Waals surface area (Å²) in [5.74, 6) is 0.101. The van der Waals surface area contributed by atoms with Crippen LogP contribution in [0, 0.1) is 5.82 Å². The molecule has 0 aliphatic carbocycles. The van der Waals surface area contributed by atoms with E-state index in [9.17, 15) is 4.39 Å². The molecular weight excluding hydrogens is 323 g/mol. The van der Waals surface area contributed by atoms with Gasteiger partial charge in [-0.3, -0.25) is 0 Å². The number of nitrogen functional groups attached to an aromatic ring is 1. The van der Waals surface area contributed by atoms with Crippen LogP contribution in [-0.2, 0) is 0 Å². The molecule has 0 spiro atoms. The Morgan fingerprint density at radius 2 is 2.00 bits per heavy atom. The van der Waals surface area contributed by atoms with E-state index in [2.05, 4.69) is 31.2 Å². The second kappa shape index (κ2) is 5.05. The van der Waals surface area contributed by atoms with Crippen molar-refractivity contribution < 1.29 is 4.39 Å². The minimum Gasteiger partial charge on any atom is -0.396 e. The van der Waals surface area contributed by atoms with E-state index < -0.39 is 5.82 Å². The number of hydrogen-bond acceptors (Lipinski definition) is 4. The lowest BCUT2D eigenvalue weighted by Crippen LogP contribution is -1.98. The monoisotopic (exact) mass is 332 g/mol. The molecule has 1 aromatic heterocycles. The summed E-state index contributed by atoms with van der Waals surface area (Å²) in [6.45, 7) is 0. The lowest BCUT2D eigenvalue weighted by atomic mass is 10.2. The van der Waals surface area contributed by atoms with Crippen molar-refractivity contribution in [3.8, 4) is 0 Å². The molecule has 1 heterocycles. The highest BCUT2D eigenvalue weighted by Gasteiger charge is 2.08. The van der Waals surface area contributed by atoms with E-state index >= 15 is 0 Å². The molecule has 0 amide bonds. The van der Waals surface area contributed by atoms with Crippen LogP contribution in [0.25, 0.3) is 10.9 Å². The lowest BCUT2D eigenvalue weighted by molar-refractivity contribution is 0.634. The largest absolute Gasteiger partial charge is 0.396 e. The Morgan fingerprint density at radius 3 is 2.80 bits per heavy atom. The molecule has 0 aliphatic rings. The van der Waals surface area contributed by atoms with Crippen molar-refractivity contribution in [1.29, 1.82) is 0 Å². The van der Waals surface area contributed by atoms with Crippen LogP contribution in [0.2, 0.25) is 0 Å². The third-order valence-electron chi connectivity index (χ3n) is 2.84. The van der Waals surface area contributed by atoms with Gasteiger partial charge in [0.05, 0.1) is 11.2 Å². The van der Waals surface area contributed by atoms with Crippen molar-refractivity contribution in [3.63, 3.8) is 0 Å². The van der Waals surface area contributed by atoms with Gasteiger partial charge < -0.3 is 11.1 Å². The van der Waals surface area contributed by atoms with E-state index in [0.29, 0.717) is 16.7 Å². The molecule has 2 aromatic carbocycles. The van der Waals surface area contributed by atoms with Crippen LogP contribution in [0.15, 0.2) is 47.2 Å². The molecule has 6 heteroatoms. The van der Waals surface area contributed by atoms with Crippen LogP contribution < -0.4 is 11.1 Å². The fraction of sp³-hybridized carbons (Fsp3) is 0. The molecule has 0 unspecified atom stereocenters. The molecule has 0 atom stereocenters. The summed E-state index contributed by atoms with van der Waals surface area (Å²) in [4.78, 5) is 8.23. The summed E-state index contributed by atoms with van der Waals surface area (Å²) in [6, 6.07) is 10.5. The van der Waals surface area contributed by atoms with Crippen molar-refractivity contribution in [3.05, 3.63) is 53.0 Å². The minimum absolute atomic E-state index is 0.0737. The number of hydrogen-bond donors (Lipinski definition) is 2. The van der Waals surface area contributed by atoms with E-state index in [0.717, 1.165) is 10.2 Å². The fourth-order valence-corrected chi connectivity index (χ4v) is 2.30. The second-order valence-corrected chi connectivity index (χ2v) is 5.16. The molecule has 3 N–H and O–H groups in total. The summed E-state index contributed by atoms with van der Waals surface area (Å²) in [5, 5.41) is 3.85. The van der Waals surface area contributed by atoms with E-state index in [1.165, 1.54) is 18.5 Å². The Kier molecular flexibility index (Phi) is 3.23. The van der Waals surface area contributed by atoms with Crippen molar-refractivity contribution >= 4 is 44.0 Å². The highest BCUT2D eigenvalue weighted by molar-refractivity contribution is 9.10. The molecule has 20 heavy (non-hydrogen) atoms. The number of benzene rings is 2. The van der Waals surface area contributed by atoms with E-state index in [1.54, 1.807) is 0 Å². The number of anilines is 3. The normalized spacial score (nSPS) is 10.7. The van der Waals surface area contributed by atoms with Gasteiger partial charge in [-0.2, -0.15) is 0 Å². The van der Waals surface area contributed by atoms with Crippen molar-refractivity contribution in [2.75, 3.05) is 11.1 Å². The average Bonchev–Trinajstić information content (AvgIpc) is 2.41. The SMILES string of the molecule is Nc1cc2c(Nc3cccc(Br)c3)ncnc2cc1F. The quantitative estimate of drug-likeness (QED) is 0.699. The van der Waals surface area contributed by atoms with Gasteiger partial charge in [0.2, 0.25) is 0 Å². The highest BCUT2D eigenvalue weighted by atomic mass is 79.9. The Hall–Kier alpha value is -2.21. The van der Waals surface area contributed by atoms with Gasteiger partial charge in [0.25, 0.3) is 0 Å². The maximum Gasteiger partial charge on any atom is 0.148 e. The van der Waals surface area contributed by atoms with Gasteiger partial charge in [0.15, 0.2) is 0 Å². The number of aromatic nitrogens is 2. The zero-order chi connectivity index (χ0) is 14.1. The van der Waals surface area contributed by atoms with Gasteiger partial charge in [-0.1, -0.05) is 22.0 Å². The first kappa shape index (κ1) is 12.8. The molecule has 0 fully saturated rings. The topological polar surface area (TPSA) is 63.8 Å². The van der Waals surface area contributed by atoms with Gasteiger partial charge >= 0.3 is 0 Å². The summed E-state index contributed by atoms with van der Waals surface area (Å²) in [5.41, 5.74) is 7.05. The number of rotatable bonds is 2. The van der Waals surface area contributed by atoms with Gasteiger partial charge in [0.1, 0.15) is 18.0 Å². The van der Waals surface area contributed by atoms with Crippen LogP contribution in [-0.4, -0.2) is 9.97 Å². The van der Waals surface area contributed by atoms with Crippen molar-refractivity contribution in [2.24, 2.45) is 0 Å². The fourth-order valence-electron chi connectivity index (χ4n) is 1.90. The van der Waals surface area contributed by atoms with Crippen LogP contribution in [0.1, 0.15) is 0 Å². The second-order valence-electron chi connectivity index (χ2n) is 4.25. The Balaban J connectivity index is 2.09. The molecule has 3 aromatic rings. The molecule has 100 valence electrons. The molecule has 0 saturated heterocycles. The average molecular weight is 333 g/mol. The lowest BCUT2D eigenvalue weighted by Gasteiger charge is -2.09. The third kappa shape index (κ3) is 2.42. The van der Waals surface area contributed by atoms with Gasteiger partial charge in [-0.25, -0.2) is 14.4 Å². The van der Waals surface area contributed by atoms with E-state index in [-0.39, 0.29) is 5.69 Å². The molecule has 3 rings (SSSR count). The number of nitrogens with two attached hydrogens (primary N) is 1. The standard InChI is InChI=1S/C14H10BrFN4/c15-8-2-1-3-9(4-8)20-14-10-5-12(17)11(16)6-13(10)18-7-19-14/h1-7H,17H2,(H,18,19,20). The minimum atomic E-state index is -0.482. The molecule has 4 nitrogen and oxygen atoms in total. The predicted molar refractivity (Wildman–Crippen MR) is 81.3 cm³/mol. The van der Waals surface area contributed by atoms with Gasteiger partial charge in [0, 0.05) is 21.6 Å². The molecule has 0 radical (unpaired) electrons. The summed E-state index contributed by atoms with van der Waals surface area (Å²) in [6.07, 6.45) is 1.39. The number of halogens is 2. The summed E-state index contributed by atoms with van der Waals surface area (Å²) >= 11 is 3.40. The number of nitrogens with zero attached hydrogens (tertiary/aromatic N) is 2. The maximum absolute atomic E-state index is 13.4. The molecular formula is C14H10BrFN4. The first-order valence-corrected chi connectivity index (χ1v) is 6.65. The van der Waals surface area contributed by atoms with Crippen LogP contribution in [0.3, 0.4) is 0 Å². The maximum atomic E-state index is 13.4. The van der Waals surface area contributed by atoms with E-state index in [4.69, 9.17) is 5.73 Å². The molecule has 0 saturated carbocycles. The summed E-state index contributed by atoms with van der Waals surface area (Å²) < 4.78 is 14.4. The highest BCUT2D eigenvalue weighted by Crippen LogP contribution is 2.27. The van der Waals surface area contributed by atoms with Gasteiger partial charge in [-0.05, 0) is 24.3 Å². The predicted octanol–water partition coefficient (Wildman–Crippen LogP) is 3.86. The molecule has 0 bridgehead atoms. The van der Waals surface area contributed by atoms with Crippen LogP contribution in [0.5, 0.6) is 0 Å². The Bertz CT molecular complexity index is 791. The first-order chi connectivity index (χ1) is 9.63. The Labute approximate surface area is 123 Å². The summed E-state index contributed by atoms with van der Waals surface area (Å²) in [7, 11) is 0. The first-order valence-electron chi connectivity index (χ1n) is 5.86. The van der Waals surface area contributed by atoms with Crippen LogP contribution in [0.4, 0.5) is 21.6 Å². The third-order valence-corrected chi connectivity index (χ3v) is 3.33. The van der Waals surface area contributed by atoms with E-state index in [1.807, 2.05) is 24.3 Å². The number of fused-ring (bicyclic) bond motifs is 1. The number of nitrogens with one attached hydrogen (secondary N) is 1. The smallest absolute Gasteiger partial charge is 0.148 e. The van der Waals surface area contributed by atoms with Crippen molar-refractivity contribution in [2.45, 2.75) is 0 Å². The molecule has 0 aliphatic heterocycles. The Morgan fingerprint density at radius 1 is 1.15 bits per heavy atom. The van der Waals surface area contributed by atoms with Crippen LogP contribution >= 0.6 is 15.9 Å². The zero-order valence-electron chi connectivity index (χ0n) is 10.3. The van der Waals surface area contributed by atoms with Crippen molar-refractivity contribution in [1.82, 2.24) is 9.97 Å².